The zero-order valence-corrected chi connectivity index (χ0v) is 14.0. The zero-order chi connectivity index (χ0) is 17.9. The van der Waals surface area contributed by atoms with E-state index in [4.69, 9.17) is 33.5 Å². The minimum absolute atomic E-state index is 0.0868. The van der Waals surface area contributed by atoms with E-state index in [9.17, 15) is 9.18 Å². The SMILES string of the molecule is CC1(CN/C(N)=C(N)/C=C(\N)c2cc(Cl)ccc2F)CCOC1=O. The minimum atomic E-state index is -0.654. The van der Waals surface area contributed by atoms with Crippen LogP contribution in [0.25, 0.3) is 5.70 Å². The lowest BCUT2D eigenvalue weighted by atomic mass is 9.89. The van der Waals surface area contributed by atoms with Gasteiger partial charge in [-0.3, -0.25) is 4.79 Å². The van der Waals surface area contributed by atoms with E-state index in [1.54, 1.807) is 6.92 Å². The second kappa shape index (κ2) is 7.00. The molecule has 0 aromatic heterocycles. The summed E-state index contributed by atoms with van der Waals surface area (Å²) in [6.45, 7) is 2.44. The van der Waals surface area contributed by atoms with Gasteiger partial charge in [0.1, 0.15) is 11.6 Å². The van der Waals surface area contributed by atoms with Gasteiger partial charge in [0.15, 0.2) is 0 Å². The molecule has 1 unspecified atom stereocenters. The molecular formula is C16H20ClFN4O2. The predicted molar refractivity (Wildman–Crippen MR) is 90.7 cm³/mol. The average Bonchev–Trinajstić information content (AvgIpc) is 2.86. The van der Waals surface area contributed by atoms with Crippen LogP contribution in [0.15, 0.2) is 35.8 Å². The predicted octanol–water partition coefficient (Wildman–Crippen LogP) is 1.41. The van der Waals surface area contributed by atoms with Crippen LogP contribution in [0.2, 0.25) is 5.02 Å². The molecule has 2 rings (SSSR count). The van der Waals surface area contributed by atoms with Crippen molar-refractivity contribution in [1.82, 2.24) is 5.32 Å². The van der Waals surface area contributed by atoms with E-state index in [2.05, 4.69) is 5.32 Å². The number of nitrogens with one attached hydrogen (secondary N) is 1. The van der Waals surface area contributed by atoms with E-state index in [1.165, 1.54) is 24.3 Å². The van der Waals surface area contributed by atoms with Gasteiger partial charge in [0, 0.05) is 22.8 Å². The van der Waals surface area contributed by atoms with Crippen molar-refractivity contribution in [3.63, 3.8) is 0 Å². The second-order valence-corrected chi connectivity index (χ2v) is 6.33. The van der Waals surface area contributed by atoms with Crippen molar-refractivity contribution >= 4 is 23.3 Å². The first kappa shape index (κ1) is 17.9. The van der Waals surface area contributed by atoms with Crippen molar-refractivity contribution < 1.29 is 13.9 Å². The highest BCUT2D eigenvalue weighted by molar-refractivity contribution is 6.30. The van der Waals surface area contributed by atoms with Crippen LogP contribution in [0.3, 0.4) is 0 Å². The van der Waals surface area contributed by atoms with E-state index in [-0.39, 0.29) is 35.3 Å². The van der Waals surface area contributed by atoms with E-state index in [0.29, 0.717) is 18.1 Å². The number of halogens is 2. The van der Waals surface area contributed by atoms with E-state index >= 15 is 0 Å². The molecule has 1 aromatic carbocycles. The highest BCUT2D eigenvalue weighted by atomic mass is 35.5. The van der Waals surface area contributed by atoms with Gasteiger partial charge in [-0.1, -0.05) is 11.6 Å². The number of allylic oxidation sites excluding steroid dienone is 1. The molecular weight excluding hydrogens is 335 g/mol. The number of hydrogen-bond donors (Lipinski definition) is 4. The summed E-state index contributed by atoms with van der Waals surface area (Å²) in [5.74, 6) is -0.660. The Morgan fingerprint density at radius 3 is 2.79 bits per heavy atom. The quantitative estimate of drug-likeness (QED) is 0.469. The highest BCUT2D eigenvalue weighted by Crippen LogP contribution is 2.28. The Labute approximate surface area is 144 Å². The monoisotopic (exact) mass is 354 g/mol. The molecule has 1 saturated heterocycles. The molecule has 0 saturated carbocycles. The Balaban J connectivity index is 2.13. The van der Waals surface area contributed by atoms with Gasteiger partial charge in [-0.2, -0.15) is 0 Å². The highest BCUT2D eigenvalue weighted by Gasteiger charge is 2.39. The number of rotatable bonds is 5. The van der Waals surface area contributed by atoms with Gasteiger partial charge < -0.3 is 27.3 Å². The molecule has 130 valence electrons. The van der Waals surface area contributed by atoms with Crippen molar-refractivity contribution in [2.24, 2.45) is 22.6 Å². The summed E-state index contributed by atoms with van der Waals surface area (Å²) in [7, 11) is 0. The fraction of sp³-hybridized carbons (Fsp3) is 0.312. The number of ether oxygens (including phenoxy) is 1. The number of nitrogens with two attached hydrogens (primary N) is 3. The third-order valence-electron chi connectivity index (χ3n) is 3.91. The maximum absolute atomic E-state index is 13.8. The molecule has 1 aliphatic heterocycles. The molecule has 0 spiro atoms. The molecule has 1 fully saturated rings. The third kappa shape index (κ3) is 3.91. The second-order valence-electron chi connectivity index (χ2n) is 5.89. The summed E-state index contributed by atoms with van der Waals surface area (Å²) in [4.78, 5) is 11.7. The number of benzene rings is 1. The Hall–Kier alpha value is -2.41. The molecule has 24 heavy (non-hydrogen) atoms. The van der Waals surface area contributed by atoms with Gasteiger partial charge in [0.25, 0.3) is 0 Å². The largest absolute Gasteiger partial charge is 0.465 e. The lowest BCUT2D eigenvalue weighted by Crippen LogP contribution is -2.38. The first-order valence-corrected chi connectivity index (χ1v) is 7.69. The summed E-state index contributed by atoms with van der Waals surface area (Å²) < 4.78 is 18.7. The molecule has 0 radical (unpaired) electrons. The van der Waals surface area contributed by atoms with Crippen LogP contribution in [0.1, 0.15) is 18.9 Å². The number of esters is 1. The van der Waals surface area contributed by atoms with Crippen LogP contribution in [-0.4, -0.2) is 19.1 Å². The van der Waals surface area contributed by atoms with Crippen LogP contribution >= 0.6 is 11.6 Å². The fourth-order valence-corrected chi connectivity index (χ4v) is 2.41. The van der Waals surface area contributed by atoms with Crippen molar-refractivity contribution in [3.8, 4) is 0 Å². The summed E-state index contributed by atoms with van der Waals surface area (Å²) in [5.41, 5.74) is 17.3. The van der Waals surface area contributed by atoms with Crippen molar-refractivity contribution in [3.05, 3.63) is 52.2 Å². The lowest BCUT2D eigenvalue weighted by molar-refractivity contribution is -0.145. The standard InChI is InChI=1S/C16H20ClFN4O2/c1-16(4-5-24-15(16)23)8-22-14(21)13(20)7-12(19)10-6-9(17)2-3-11(10)18/h2-3,6-7,22H,4-5,8,19-21H2,1H3/b12-7-,14-13-. The molecule has 0 aliphatic carbocycles. The van der Waals surface area contributed by atoms with Crippen LogP contribution in [-0.2, 0) is 9.53 Å². The number of carbonyl (C=O) groups is 1. The zero-order valence-electron chi connectivity index (χ0n) is 13.2. The molecule has 6 nitrogen and oxygen atoms in total. The molecule has 1 aromatic rings. The van der Waals surface area contributed by atoms with E-state index in [1.807, 2.05) is 0 Å². The topological polar surface area (TPSA) is 116 Å². The Kier molecular flexibility index (Phi) is 5.23. The van der Waals surface area contributed by atoms with Crippen LogP contribution in [0, 0.1) is 11.2 Å². The van der Waals surface area contributed by atoms with Crippen LogP contribution < -0.4 is 22.5 Å². The van der Waals surface area contributed by atoms with Crippen molar-refractivity contribution in [2.45, 2.75) is 13.3 Å². The van der Waals surface area contributed by atoms with Crippen molar-refractivity contribution in [2.75, 3.05) is 13.2 Å². The van der Waals surface area contributed by atoms with Crippen LogP contribution in [0.4, 0.5) is 4.39 Å². The third-order valence-corrected chi connectivity index (χ3v) is 4.15. The summed E-state index contributed by atoms with van der Waals surface area (Å²) in [5, 5.41) is 3.24. The summed E-state index contributed by atoms with van der Waals surface area (Å²) >= 11 is 5.84. The van der Waals surface area contributed by atoms with Gasteiger partial charge in [-0.05, 0) is 37.6 Å². The Morgan fingerprint density at radius 2 is 2.17 bits per heavy atom. The Bertz CT molecular complexity index is 720. The van der Waals surface area contributed by atoms with Crippen molar-refractivity contribution in [1.29, 1.82) is 0 Å². The van der Waals surface area contributed by atoms with Crippen LogP contribution in [0.5, 0.6) is 0 Å². The van der Waals surface area contributed by atoms with Gasteiger partial charge in [0.05, 0.1) is 17.7 Å². The maximum atomic E-state index is 13.8. The summed E-state index contributed by atoms with van der Waals surface area (Å²) in [6.07, 6.45) is 1.93. The molecule has 8 heteroatoms. The first-order chi connectivity index (χ1) is 11.2. The molecule has 1 aliphatic rings. The number of hydrogen-bond acceptors (Lipinski definition) is 6. The van der Waals surface area contributed by atoms with E-state index < -0.39 is 11.2 Å². The van der Waals surface area contributed by atoms with Gasteiger partial charge in [-0.15, -0.1) is 0 Å². The molecule has 1 atom stereocenters. The van der Waals surface area contributed by atoms with Gasteiger partial charge in [0.2, 0.25) is 0 Å². The fourth-order valence-electron chi connectivity index (χ4n) is 2.24. The normalized spacial score (nSPS) is 22.1. The maximum Gasteiger partial charge on any atom is 0.313 e. The molecule has 0 bridgehead atoms. The Morgan fingerprint density at radius 1 is 1.46 bits per heavy atom. The van der Waals surface area contributed by atoms with Gasteiger partial charge >= 0.3 is 5.97 Å². The molecule has 0 amide bonds. The first-order valence-electron chi connectivity index (χ1n) is 7.32. The molecule has 1 heterocycles. The molecule has 7 N–H and O–H groups in total. The van der Waals surface area contributed by atoms with Gasteiger partial charge in [-0.25, -0.2) is 4.39 Å². The summed E-state index contributed by atoms with van der Waals surface area (Å²) in [6, 6.07) is 4.03. The van der Waals surface area contributed by atoms with E-state index in [0.717, 1.165) is 0 Å². The smallest absolute Gasteiger partial charge is 0.313 e. The lowest BCUT2D eigenvalue weighted by Gasteiger charge is -2.20. The number of cyclic esters (lactones) is 1. The average molecular weight is 355 g/mol. The minimum Gasteiger partial charge on any atom is -0.465 e. The number of carbonyl (C=O) groups excluding carboxylic acids is 1.